The molecule has 0 aliphatic rings. The normalized spacial score (nSPS) is 11.1. The van der Waals surface area contributed by atoms with Gasteiger partial charge in [-0.2, -0.15) is 0 Å². The molecule has 8 nitrogen and oxygen atoms in total. The summed E-state index contributed by atoms with van der Waals surface area (Å²) in [5.74, 6) is 0.179. The van der Waals surface area contributed by atoms with Gasteiger partial charge in [0.25, 0.3) is 5.91 Å². The van der Waals surface area contributed by atoms with Crippen molar-refractivity contribution in [3.05, 3.63) is 150 Å². The van der Waals surface area contributed by atoms with Crippen LogP contribution in [0.25, 0.3) is 0 Å². The monoisotopic (exact) mass is 561 g/mol. The van der Waals surface area contributed by atoms with Gasteiger partial charge in [-0.3, -0.25) is 9.78 Å². The quantitative estimate of drug-likeness (QED) is 0.126. The van der Waals surface area contributed by atoms with Gasteiger partial charge in [-0.15, -0.1) is 0 Å². The Morgan fingerprint density at radius 2 is 1.52 bits per heavy atom. The van der Waals surface area contributed by atoms with Crippen molar-refractivity contribution in [1.29, 1.82) is 5.41 Å². The first-order chi connectivity index (χ1) is 20.5. The van der Waals surface area contributed by atoms with E-state index in [1.54, 1.807) is 60.9 Å². The number of pyridine rings is 1. The Labute approximate surface area is 246 Å². The first-order valence-corrected chi connectivity index (χ1v) is 13.6. The van der Waals surface area contributed by atoms with Gasteiger partial charge in [0.2, 0.25) is 0 Å². The molecular formula is C34H35N5O3. The number of H-pyrrole nitrogens is 1. The summed E-state index contributed by atoms with van der Waals surface area (Å²) in [6, 6.07) is 33.9. The van der Waals surface area contributed by atoms with E-state index in [1.807, 2.05) is 12.1 Å². The van der Waals surface area contributed by atoms with Crippen LogP contribution in [0.1, 0.15) is 45.2 Å². The second-order valence-corrected chi connectivity index (χ2v) is 9.52. The summed E-state index contributed by atoms with van der Waals surface area (Å²) in [7, 11) is 1.51. The Morgan fingerprint density at radius 1 is 0.881 bits per heavy atom. The first kappa shape index (κ1) is 29.8. The van der Waals surface area contributed by atoms with Gasteiger partial charge in [0.1, 0.15) is 11.4 Å². The van der Waals surface area contributed by atoms with Crippen molar-refractivity contribution in [3.63, 3.8) is 0 Å². The zero-order chi connectivity index (χ0) is 29.6. The molecule has 1 atom stereocenters. The van der Waals surface area contributed by atoms with Gasteiger partial charge in [0, 0.05) is 54.8 Å². The van der Waals surface area contributed by atoms with Crippen molar-refractivity contribution in [1.82, 2.24) is 20.6 Å². The highest BCUT2D eigenvalue weighted by Crippen LogP contribution is 2.27. The average Bonchev–Trinajstić information content (AvgIpc) is 3.53. The molecule has 0 fully saturated rings. The van der Waals surface area contributed by atoms with Crippen LogP contribution in [0.3, 0.4) is 0 Å². The number of ether oxygens (including phenoxy) is 1. The summed E-state index contributed by atoms with van der Waals surface area (Å²) in [4.78, 5) is 19.5. The van der Waals surface area contributed by atoms with Crippen molar-refractivity contribution in [2.45, 2.75) is 25.6 Å². The maximum atomic E-state index is 12.6. The largest absolute Gasteiger partial charge is 0.508 e. The van der Waals surface area contributed by atoms with Crippen LogP contribution in [-0.4, -0.2) is 33.8 Å². The fourth-order valence-electron chi connectivity index (χ4n) is 4.29. The van der Waals surface area contributed by atoms with Crippen LogP contribution in [0.4, 0.5) is 0 Å². The summed E-state index contributed by atoms with van der Waals surface area (Å²) >= 11 is 0. The maximum Gasteiger partial charge on any atom is 0.268 e. The molecule has 0 aliphatic carbocycles. The SMILES string of the molecule is COc1ccc(C(=O)NC(CC(=N)c2cccnc2)c2ccccc2O)[nH]1.c1ccc(CNCc2ccccc2)cc1. The van der Waals surface area contributed by atoms with Gasteiger partial charge in [-0.25, -0.2) is 0 Å². The summed E-state index contributed by atoms with van der Waals surface area (Å²) in [6.45, 7) is 1.85. The number of amides is 1. The molecule has 214 valence electrons. The van der Waals surface area contributed by atoms with E-state index in [2.05, 4.69) is 69.1 Å². The highest BCUT2D eigenvalue weighted by atomic mass is 16.5. The van der Waals surface area contributed by atoms with Crippen molar-refractivity contribution < 1.29 is 14.6 Å². The van der Waals surface area contributed by atoms with Gasteiger partial charge in [0.05, 0.1) is 13.2 Å². The van der Waals surface area contributed by atoms with Crippen LogP contribution in [0.15, 0.2) is 122 Å². The lowest BCUT2D eigenvalue weighted by atomic mass is 9.97. The number of para-hydroxylation sites is 1. The third-order valence-corrected chi connectivity index (χ3v) is 6.50. The van der Waals surface area contributed by atoms with E-state index in [0.29, 0.717) is 28.4 Å². The molecule has 0 spiro atoms. The number of phenolic OH excluding ortho intramolecular Hbond substituents is 1. The maximum absolute atomic E-state index is 12.6. The predicted molar refractivity (Wildman–Crippen MR) is 165 cm³/mol. The van der Waals surface area contributed by atoms with Crippen LogP contribution in [0.5, 0.6) is 11.6 Å². The molecule has 2 heterocycles. The number of rotatable bonds is 11. The number of aromatic amines is 1. The number of nitrogens with zero attached hydrogens (tertiary/aromatic N) is 1. The highest BCUT2D eigenvalue weighted by Gasteiger charge is 2.21. The van der Waals surface area contributed by atoms with Crippen LogP contribution in [0.2, 0.25) is 0 Å². The van der Waals surface area contributed by atoms with Gasteiger partial charge < -0.3 is 30.9 Å². The van der Waals surface area contributed by atoms with Crippen molar-refractivity contribution in [2.24, 2.45) is 0 Å². The molecule has 5 aromatic rings. The molecule has 2 aromatic heterocycles. The van der Waals surface area contributed by atoms with Crippen LogP contribution >= 0.6 is 0 Å². The van der Waals surface area contributed by atoms with Gasteiger partial charge in [-0.05, 0) is 29.3 Å². The molecule has 0 saturated carbocycles. The Bertz CT molecular complexity index is 1500. The van der Waals surface area contributed by atoms with Crippen LogP contribution in [0, 0.1) is 5.41 Å². The Morgan fingerprint density at radius 3 is 2.10 bits per heavy atom. The van der Waals surface area contributed by atoms with E-state index < -0.39 is 6.04 Å². The lowest BCUT2D eigenvalue weighted by Crippen LogP contribution is -2.30. The molecule has 5 rings (SSSR count). The summed E-state index contributed by atoms with van der Waals surface area (Å²) < 4.78 is 5.06. The molecule has 0 radical (unpaired) electrons. The molecular weight excluding hydrogens is 526 g/mol. The number of phenols is 1. The Balaban J connectivity index is 0.000000227. The molecule has 8 heteroatoms. The predicted octanol–water partition coefficient (Wildman–Crippen LogP) is 6.03. The number of benzene rings is 3. The van der Waals surface area contributed by atoms with Gasteiger partial charge in [0.15, 0.2) is 5.88 Å². The van der Waals surface area contributed by atoms with E-state index in [4.69, 9.17) is 10.1 Å². The third-order valence-electron chi connectivity index (χ3n) is 6.50. The second-order valence-electron chi connectivity index (χ2n) is 9.52. The zero-order valence-electron chi connectivity index (χ0n) is 23.5. The Hall–Kier alpha value is -5.21. The number of nitrogens with one attached hydrogen (secondary N) is 4. The molecule has 3 aromatic carbocycles. The molecule has 0 aliphatic heterocycles. The number of hydrogen-bond donors (Lipinski definition) is 5. The van der Waals surface area contributed by atoms with Crippen molar-refractivity contribution >= 4 is 11.6 Å². The number of carbonyl (C=O) groups is 1. The van der Waals surface area contributed by atoms with Crippen LogP contribution in [-0.2, 0) is 13.1 Å². The van der Waals surface area contributed by atoms with Gasteiger partial charge >= 0.3 is 0 Å². The molecule has 42 heavy (non-hydrogen) atoms. The van der Waals surface area contributed by atoms with Crippen LogP contribution < -0.4 is 15.4 Å². The number of aromatic nitrogens is 2. The Kier molecular flexibility index (Phi) is 11.0. The highest BCUT2D eigenvalue weighted by molar-refractivity contribution is 5.99. The molecule has 1 amide bonds. The average molecular weight is 562 g/mol. The number of aromatic hydroxyl groups is 1. The van der Waals surface area contributed by atoms with Gasteiger partial charge in [-0.1, -0.05) is 84.9 Å². The number of methoxy groups -OCH3 is 1. The summed E-state index contributed by atoms with van der Waals surface area (Å²) in [6.07, 6.45) is 3.44. The fourth-order valence-corrected chi connectivity index (χ4v) is 4.29. The first-order valence-electron chi connectivity index (χ1n) is 13.6. The third kappa shape index (κ3) is 8.90. The molecule has 5 N–H and O–H groups in total. The minimum atomic E-state index is -0.583. The summed E-state index contributed by atoms with van der Waals surface area (Å²) in [5, 5.41) is 24.9. The smallest absolute Gasteiger partial charge is 0.268 e. The molecule has 1 unspecified atom stereocenters. The van der Waals surface area contributed by atoms with E-state index in [9.17, 15) is 9.90 Å². The number of hydrogen-bond acceptors (Lipinski definition) is 6. The topological polar surface area (TPSA) is 123 Å². The standard InChI is InChI=1S/C20H20N4O3.C14H15N/c1-27-19-9-8-16(23-19)20(26)24-17(14-6-2-3-7-18(14)25)11-15(21)13-5-4-10-22-12-13;1-3-7-13(8-4-1)11-15-12-14-9-5-2-6-10-14/h2-10,12,17,21,23,25H,11H2,1H3,(H,24,26);1-10,15H,11-12H2. The molecule has 0 saturated heterocycles. The van der Waals surface area contributed by atoms with Crippen molar-refractivity contribution in [3.8, 4) is 11.6 Å². The van der Waals surface area contributed by atoms with Crippen molar-refractivity contribution in [2.75, 3.05) is 7.11 Å². The number of carbonyl (C=O) groups excluding carboxylic acids is 1. The second kappa shape index (κ2) is 15.5. The van der Waals surface area contributed by atoms with E-state index in [0.717, 1.165) is 13.1 Å². The zero-order valence-corrected chi connectivity index (χ0v) is 23.5. The van der Waals surface area contributed by atoms with E-state index >= 15 is 0 Å². The van der Waals surface area contributed by atoms with E-state index in [-0.39, 0.29) is 18.1 Å². The minimum absolute atomic E-state index is 0.0610. The lowest BCUT2D eigenvalue weighted by molar-refractivity contribution is 0.0932. The van der Waals surface area contributed by atoms with E-state index in [1.165, 1.54) is 18.2 Å². The fraction of sp³-hybridized carbons (Fsp3) is 0.147. The molecule has 0 bridgehead atoms. The minimum Gasteiger partial charge on any atom is -0.508 e. The lowest BCUT2D eigenvalue weighted by Gasteiger charge is -2.20. The summed E-state index contributed by atoms with van der Waals surface area (Å²) in [5.41, 5.74) is 4.49.